The number of carbonyl (C=O) groups excluding carboxylic acids is 1. The van der Waals surface area contributed by atoms with Crippen LogP contribution in [-0.2, 0) is 0 Å². The summed E-state index contributed by atoms with van der Waals surface area (Å²) in [6, 6.07) is 3.16. The van der Waals surface area contributed by atoms with E-state index in [0.29, 0.717) is 50.2 Å². The first-order valence-corrected chi connectivity index (χ1v) is 8.06. The minimum atomic E-state index is -0.795. The van der Waals surface area contributed by atoms with Gasteiger partial charge in [0, 0.05) is 25.3 Å². The number of aromatic amines is 1. The molecule has 0 unspecified atom stereocenters. The lowest BCUT2D eigenvalue weighted by Crippen LogP contribution is -2.41. The number of hydrogen-bond donors (Lipinski definition) is 2. The fourth-order valence-electron chi connectivity index (χ4n) is 3.23. The number of carbonyl (C=O) groups is 1. The van der Waals surface area contributed by atoms with Crippen molar-refractivity contribution in [2.45, 2.75) is 31.8 Å². The summed E-state index contributed by atoms with van der Waals surface area (Å²) in [6.45, 7) is 3.21. The molecule has 1 atom stereocenters. The van der Waals surface area contributed by atoms with E-state index in [9.17, 15) is 14.7 Å². The van der Waals surface area contributed by atoms with Crippen LogP contribution in [0.3, 0.4) is 0 Å². The van der Waals surface area contributed by atoms with Crippen molar-refractivity contribution in [3.8, 4) is 6.07 Å². The Morgan fingerprint density at radius 2 is 2.17 bits per heavy atom. The van der Waals surface area contributed by atoms with E-state index in [1.165, 1.54) is 6.07 Å². The number of aryl methyl sites for hydroxylation is 1. The molecule has 2 heterocycles. The number of likely N-dealkylation sites (N-methyl/N-ethyl adjacent to an activating group) is 1. The Kier molecular flexibility index (Phi) is 5.42. The van der Waals surface area contributed by atoms with Gasteiger partial charge in [0.2, 0.25) is 0 Å². The molecule has 24 heavy (non-hydrogen) atoms. The minimum absolute atomic E-state index is 0.0668. The zero-order chi connectivity index (χ0) is 17.9. The quantitative estimate of drug-likeness (QED) is 0.838. The van der Waals surface area contributed by atoms with Gasteiger partial charge in [-0.05, 0) is 46.3 Å². The van der Waals surface area contributed by atoms with Crippen LogP contribution in [0.1, 0.15) is 40.9 Å². The topological polar surface area (TPSA) is 100 Å². The Morgan fingerprint density at radius 1 is 1.46 bits per heavy atom. The molecule has 1 aliphatic rings. The predicted octanol–water partition coefficient (Wildman–Crippen LogP) is 0.474. The van der Waals surface area contributed by atoms with E-state index in [1.807, 2.05) is 25.1 Å². The number of pyridine rings is 1. The SMILES string of the molecule is Cc1[nH]c(=O)c(C#N)cc1C(=O)N1CCC[C@@](O)(CN(C)C)CC1. The molecule has 1 fully saturated rings. The van der Waals surface area contributed by atoms with Crippen LogP contribution in [0.15, 0.2) is 10.9 Å². The monoisotopic (exact) mass is 332 g/mol. The van der Waals surface area contributed by atoms with E-state index in [-0.39, 0.29) is 11.5 Å². The first-order valence-electron chi connectivity index (χ1n) is 8.06. The molecule has 2 N–H and O–H groups in total. The molecule has 1 amide bonds. The summed E-state index contributed by atoms with van der Waals surface area (Å²) in [5, 5.41) is 19.7. The molecule has 0 saturated carbocycles. The number of aliphatic hydroxyl groups is 1. The molecule has 7 nitrogen and oxygen atoms in total. The summed E-state index contributed by atoms with van der Waals surface area (Å²) < 4.78 is 0. The van der Waals surface area contributed by atoms with E-state index < -0.39 is 11.2 Å². The molecule has 0 aromatic carbocycles. The van der Waals surface area contributed by atoms with Gasteiger partial charge in [-0.1, -0.05) is 0 Å². The highest BCUT2D eigenvalue weighted by Gasteiger charge is 2.32. The van der Waals surface area contributed by atoms with E-state index in [4.69, 9.17) is 5.26 Å². The lowest BCUT2D eigenvalue weighted by Gasteiger charge is -2.30. The summed E-state index contributed by atoms with van der Waals surface area (Å²) in [6.07, 6.45) is 1.86. The molecular formula is C17H24N4O3. The van der Waals surface area contributed by atoms with Gasteiger partial charge in [0.1, 0.15) is 11.6 Å². The molecule has 0 spiro atoms. The number of rotatable bonds is 3. The summed E-state index contributed by atoms with van der Waals surface area (Å²) in [5.41, 5.74) is -0.553. The number of nitriles is 1. The molecular weight excluding hydrogens is 308 g/mol. The Morgan fingerprint density at radius 3 is 2.79 bits per heavy atom. The molecule has 1 aromatic heterocycles. The molecule has 0 aliphatic carbocycles. The summed E-state index contributed by atoms with van der Waals surface area (Å²) >= 11 is 0. The maximum Gasteiger partial charge on any atom is 0.266 e. The average Bonchev–Trinajstić information content (AvgIpc) is 2.68. The van der Waals surface area contributed by atoms with Gasteiger partial charge >= 0.3 is 0 Å². The Labute approximate surface area is 141 Å². The first kappa shape index (κ1) is 18.2. The minimum Gasteiger partial charge on any atom is -0.388 e. The Balaban J connectivity index is 2.20. The molecule has 1 saturated heterocycles. The number of amides is 1. The summed E-state index contributed by atoms with van der Waals surface area (Å²) in [4.78, 5) is 30.6. The average molecular weight is 332 g/mol. The first-order chi connectivity index (χ1) is 11.3. The van der Waals surface area contributed by atoms with Crippen molar-refractivity contribution >= 4 is 5.91 Å². The fourth-order valence-corrected chi connectivity index (χ4v) is 3.23. The Hall–Kier alpha value is -2.17. The predicted molar refractivity (Wildman–Crippen MR) is 89.8 cm³/mol. The van der Waals surface area contributed by atoms with Crippen molar-refractivity contribution in [2.75, 3.05) is 33.7 Å². The van der Waals surface area contributed by atoms with Gasteiger partial charge in [0.05, 0.1) is 11.2 Å². The fraction of sp³-hybridized carbons (Fsp3) is 0.588. The van der Waals surface area contributed by atoms with Crippen LogP contribution in [-0.4, -0.2) is 65.1 Å². The lowest BCUT2D eigenvalue weighted by molar-refractivity contribution is 0.00305. The van der Waals surface area contributed by atoms with Crippen LogP contribution in [0.2, 0.25) is 0 Å². The van der Waals surface area contributed by atoms with Crippen LogP contribution < -0.4 is 5.56 Å². The molecule has 1 aromatic rings. The van der Waals surface area contributed by atoms with Gasteiger partial charge in [-0.15, -0.1) is 0 Å². The zero-order valence-electron chi connectivity index (χ0n) is 14.4. The number of aromatic nitrogens is 1. The van der Waals surface area contributed by atoms with Crippen molar-refractivity contribution in [1.82, 2.24) is 14.8 Å². The number of hydrogen-bond acceptors (Lipinski definition) is 5. The maximum absolute atomic E-state index is 12.8. The van der Waals surface area contributed by atoms with Gasteiger partial charge in [-0.25, -0.2) is 0 Å². The van der Waals surface area contributed by atoms with Crippen LogP contribution in [0.4, 0.5) is 0 Å². The number of nitrogens with one attached hydrogen (secondary N) is 1. The number of likely N-dealkylation sites (tertiary alicyclic amines) is 1. The highest BCUT2D eigenvalue weighted by molar-refractivity contribution is 5.95. The number of H-pyrrole nitrogens is 1. The van der Waals surface area contributed by atoms with E-state index in [1.54, 1.807) is 11.8 Å². The van der Waals surface area contributed by atoms with Gasteiger partial charge in [-0.2, -0.15) is 5.26 Å². The third-order valence-corrected chi connectivity index (χ3v) is 4.40. The van der Waals surface area contributed by atoms with Gasteiger partial charge < -0.3 is 19.9 Å². The largest absolute Gasteiger partial charge is 0.388 e. The number of nitrogens with zero attached hydrogens (tertiary/aromatic N) is 3. The second-order valence-electron chi connectivity index (χ2n) is 6.77. The summed E-state index contributed by atoms with van der Waals surface area (Å²) in [7, 11) is 3.83. The van der Waals surface area contributed by atoms with Gasteiger partial charge in [0.15, 0.2) is 0 Å². The summed E-state index contributed by atoms with van der Waals surface area (Å²) in [5.74, 6) is -0.214. The zero-order valence-corrected chi connectivity index (χ0v) is 14.4. The third-order valence-electron chi connectivity index (χ3n) is 4.40. The van der Waals surface area contributed by atoms with Crippen LogP contribution in [0, 0.1) is 18.3 Å². The second-order valence-corrected chi connectivity index (χ2v) is 6.77. The smallest absolute Gasteiger partial charge is 0.266 e. The van der Waals surface area contributed by atoms with E-state index in [0.717, 1.165) is 0 Å². The van der Waals surface area contributed by atoms with E-state index in [2.05, 4.69) is 4.98 Å². The lowest BCUT2D eigenvalue weighted by atomic mass is 9.94. The molecule has 0 radical (unpaired) electrons. The third kappa shape index (κ3) is 4.02. The van der Waals surface area contributed by atoms with Crippen molar-refractivity contribution < 1.29 is 9.90 Å². The van der Waals surface area contributed by atoms with E-state index >= 15 is 0 Å². The van der Waals surface area contributed by atoms with Crippen LogP contribution >= 0.6 is 0 Å². The molecule has 0 bridgehead atoms. The molecule has 2 rings (SSSR count). The van der Waals surface area contributed by atoms with Crippen molar-refractivity contribution in [3.05, 3.63) is 33.2 Å². The highest BCUT2D eigenvalue weighted by Crippen LogP contribution is 2.24. The molecule has 1 aliphatic heterocycles. The normalized spacial score (nSPS) is 21.4. The van der Waals surface area contributed by atoms with Gasteiger partial charge in [-0.3, -0.25) is 9.59 Å². The maximum atomic E-state index is 12.8. The Bertz CT molecular complexity index is 720. The highest BCUT2D eigenvalue weighted by atomic mass is 16.3. The second kappa shape index (κ2) is 7.16. The van der Waals surface area contributed by atoms with Crippen molar-refractivity contribution in [2.24, 2.45) is 0 Å². The van der Waals surface area contributed by atoms with Gasteiger partial charge in [0.25, 0.3) is 11.5 Å². The van der Waals surface area contributed by atoms with Crippen LogP contribution in [0.25, 0.3) is 0 Å². The standard InChI is InChI=1S/C17H24N4O3/c1-12-14(9-13(10-18)15(22)19-12)16(23)21-7-4-5-17(24,6-8-21)11-20(2)3/h9,24H,4-8,11H2,1-3H3,(H,19,22)/t17-/m0/s1. The molecule has 130 valence electrons. The van der Waals surface area contributed by atoms with Crippen molar-refractivity contribution in [1.29, 1.82) is 5.26 Å². The van der Waals surface area contributed by atoms with Crippen molar-refractivity contribution in [3.63, 3.8) is 0 Å². The van der Waals surface area contributed by atoms with Crippen LogP contribution in [0.5, 0.6) is 0 Å². The molecule has 7 heteroatoms.